The molecule has 2 N–H and O–H groups in total. The van der Waals surface area contributed by atoms with Crippen LogP contribution in [0.4, 0.5) is 5.69 Å². The third-order valence-electron chi connectivity index (χ3n) is 2.66. The largest absolute Gasteiger partial charge is 0.399 e. The van der Waals surface area contributed by atoms with Crippen molar-refractivity contribution in [3.05, 3.63) is 24.5 Å². The fourth-order valence-corrected chi connectivity index (χ4v) is 1.59. The Hall–Kier alpha value is -1.51. The zero-order valence-corrected chi connectivity index (χ0v) is 8.57. The smallest absolute Gasteiger partial charge is 0.0960 e. The van der Waals surface area contributed by atoms with Gasteiger partial charge >= 0.3 is 0 Å². The zero-order valence-electron chi connectivity index (χ0n) is 8.57. The van der Waals surface area contributed by atoms with E-state index >= 15 is 0 Å². The Morgan fingerprint density at radius 1 is 1.50 bits per heavy atom. The SMILES string of the molecule is CCC(C)n1cnc2ccc(N)cc21. The van der Waals surface area contributed by atoms with Gasteiger partial charge in [-0.3, -0.25) is 0 Å². The summed E-state index contributed by atoms with van der Waals surface area (Å²) in [6, 6.07) is 6.30. The summed E-state index contributed by atoms with van der Waals surface area (Å²) in [6.45, 7) is 4.35. The molecule has 74 valence electrons. The molecule has 1 heterocycles. The van der Waals surface area contributed by atoms with Gasteiger partial charge in [-0.15, -0.1) is 0 Å². The predicted molar refractivity (Wildman–Crippen MR) is 59.1 cm³/mol. The molecule has 2 rings (SSSR count). The summed E-state index contributed by atoms with van der Waals surface area (Å²) in [4.78, 5) is 4.34. The molecule has 2 aromatic rings. The van der Waals surface area contributed by atoms with E-state index in [0.29, 0.717) is 6.04 Å². The van der Waals surface area contributed by atoms with Crippen LogP contribution in [0.15, 0.2) is 24.5 Å². The Morgan fingerprint density at radius 2 is 2.29 bits per heavy atom. The topological polar surface area (TPSA) is 43.8 Å². The van der Waals surface area contributed by atoms with Crippen LogP contribution in [0.5, 0.6) is 0 Å². The standard InChI is InChI=1S/C11H15N3/c1-3-8(2)14-7-13-10-5-4-9(12)6-11(10)14/h4-8H,3,12H2,1-2H3. The lowest BCUT2D eigenvalue weighted by molar-refractivity contribution is 0.544. The first-order valence-electron chi connectivity index (χ1n) is 4.94. The molecule has 0 aliphatic carbocycles. The van der Waals surface area contributed by atoms with Crippen molar-refractivity contribution in [1.82, 2.24) is 9.55 Å². The van der Waals surface area contributed by atoms with Gasteiger partial charge in [0.15, 0.2) is 0 Å². The lowest BCUT2D eigenvalue weighted by Gasteiger charge is -2.11. The number of anilines is 1. The van der Waals surface area contributed by atoms with Crippen molar-refractivity contribution in [2.75, 3.05) is 5.73 Å². The van der Waals surface area contributed by atoms with Gasteiger partial charge in [-0.25, -0.2) is 4.98 Å². The second-order valence-corrected chi connectivity index (χ2v) is 3.66. The molecule has 1 atom stereocenters. The maximum atomic E-state index is 5.75. The molecule has 0 spiro atoms. The van der Waals surface area contributed by atoms with E-state index in [-0.39, 0.29) is 0 Å². The van der Waals surface area contributed by atoms with Gasteiger partial charge in [0.05, 0.1) is 17.4 Å². The van der Waals surface area contributed by atoms with Crippen molar-refractivity contribution < 1.29 is 0 Å². The van der Waals surface area contributed by atoms with Crippen LogP contribution in [0.3, 0.4) is 0 Å². The summed E-state index contributed by atoms with van der Waals surface area (Å²) in [6.07, 6.45) is 2.98. The molecule has 0 saturated carbocycles. The molecule has 1 unspecified atom stereocenters. The van der Waals surface area contributed by atoms with Gasteiger partial charge in [0, 0.05) is 11.7 Å². The highest BCUT2D eigenvalue weighted by molar-refractivity contribution is 5.79. The number of rotatable bonds is 2. The number of hydrogen-bond acceptors (Lipinski definition) is 2. The third-order valence-corrected chi connectivity index (χ3v) is 2.66. The van der Waals surface area contributed by atoms with Gasteiger partial charge in [-0.05, 0) is 31.5 Å². The van der Waals surface area contributed by atoms with Crippen LogP contribution in [0.25, 0.3) is 11.0 Å². The number of benzene rings is 1. The maximum Gasteiger partial charge on any atom is 0.0960 e. The van der Waals surface area contributed by atoms with Gasteiger partial charge in [-0.1, -0.05) is 6.92 Å². The molecular formula is C11H15N3. The van der Waals surface area contributed by atoms with Crippen LogP contribution in [-0.4, -0.2) is 9.55 Å². The van der Waals surface area contributed by atoms with Crippen LogP contribution in [-0.2, 0) is 0 Å². The maximum absolute atomic E-state index is 5.75. The molecule has 1 aromatic heterocycles. The van der Waals surface area contributed by atoms with E-state index in [9.17, 15) is 0 Å². The quantitative estimate of drug-likeness (QED) is 0.738. The average Bonchev–Trinajstić information content (AvgIpc) is 2.59. The van der Waals surface area contributed by atoms with E-state index in [0.717, 1.165) is 23.1 Å². The Balaban J connectivity index is 2.61. The minimum absolute atomic E-state index is 0.474. The van der Waals surface area contributed by atoms with Gasteiger partial charge in [-0.2, -0.15) is 0 Å². The van der Waals surface area contributed by atoms with Crippen LogP contribution in [0.2, 0.25) is 0 Å². The highest BCUT2D eigenvalue weighted by Gasteiger charge is 2.07. The van der Waals surface area contributed by atoms with Crippen molar-refractivity contribution >= 4 is 16.7 Å². The summed E-state index contributed by atoms with van der Waals surface area (Å²) < 4.78 is 2.17. The molecule has 0 radical (unpaired) electrons. The molecule has 1 aromatic carbocycles. The van der Waals surface area contributed by atoms with Crippen LogP contribution in [0.1, 0.15) is 26.3 Å². The fourth-order valence-electron chi connectivity index (χ4n) is 1.59. The minimum Gasteiger partial charge on any atom is -0.399 e. The first-order chi connectivity index (χ1) is 6.72. The molecule has 0 amide bonds. The number of nitrogens with zero attached hydrogens (tertiary/aromatic N) is 2. The van der Waals surface area contributed by atoms with E-state index in [1.807, 2.05) is 24.5 Å². The summed E-state index contributed by atoms with van der Waals surface area (Å²) in [5.41, 5.74) is 8.68. The second-order valence-electron chi connectivity index (χ2n) is 3.66. The van der Waals surface area contributed by atoms with Crippen molar-refractivity contribution in [3.8, 4) is 0 Å². The predicted octanol–water partition coefficient (Wildman–Crippen LogP) is 2.59. The average molecular weight is 189 g/mol. The lowest BCUT2D eigenvalue weighted by atomic mass is 10.2. The Labute approximate surface area is 83.6 Å². The lowest BCUT2D eigenvalue weighted by Crippen LogP contribution is -2.01. The van der Waals surface area contributed by atoms with Gasteiger partial charge in [0.25, 0.3) is 0 Å². The molecule has 14 heavy (non-hydrogen) atoms. The molecule has 0 aliphatic rings. The molecular weight excluding hydrogens is 174 g/mol. The van der Waals surface area contributed by atoms with E-state index < -0.39 is 0 Å². The first kappa shape index (κ1) is 9.06. The van der Waals surface area contributed by atoms with Crippen molar-refractivity contribution in [2.45, 2.75) is 26.3 Å². The van der Waals surface area contributed by atoms with E-state index in [4.69, 9.17) is 5.73 Å². The highest BCUT2D eigenvalue weighted by atomic mass is 15.1. The number of aromatic nitrogens is 2. The van der Waals surface area contributed by atoms with Crippen LogP contribution >= 0.6 is 0 Å². The Bertz CT molecular complexity index is 445. The molecule has 3 nitrogen and oxygen atoms in total. The molecule has 0 bridgehead atoms. The first-order valence-corrected chi connectivity index (χ1v) is 4.94. The van der Waals surface area contributed by atoms with E-state index in [1.165, 1.54) is 0 Å². The Morgan fingerprint density at radius 3 is 3.00 bits per heavy atom. The molecule has 0 aliphatic heterocycles. The second kappa shape index (κ2) is 3.33. The molecule has 3 heteroatoms. The summed E-state index contributed by atoms with van der Waals surface area (Å²) in [7, 11) is 0. The normalized spacial score (nSPS) is 13.3. The molecule has 0 saturated heterocycles. The van der Waals surface area contributed by atoms with E-state index in [1.54, 1.807) is 0 Å². The minimum atomic E-state index is 0.474. The number of imidazole rings is 1. The monoisotopic (exact) mass is 189 g/mol. The highest BCUT2D eigenvalue weighted by Crippen LogP contribution is 2.21. The third kappa shape index (κ3) is 1.35. The van der Waals surface area contributed by atoms with Gasteiger partial charge < -0.3 is 10.3 Å². The number of nitrogens with two attached hydrogens (primary N) is 1. The van der Waals surface area contributed by atoms with Crippen LogP contribution < -0.4 is 5.73 Å². The number of fused-ring (bicyclic) bond motifs is 1. The van der Waals surface area contributed by atoms with Crippen molar-refractivity contribution in [1.29, 1.82) is 0 Å². The van der Waals surface area contributed by atoms with Gasteiger partial charge in [0.2, 0.25) is 0 Å². The summed E-state index contributed by atoms with van der Waals surface area (Å²) in [5, 5.41) is 0. The van der Waals surface area contributed by atoms with Crippen LogP contribution in [0, 0.1) is 0 Å². The zero-order chi connectivity index (χ0) is 10.1. The van der Waals surface area contributed by atoms with Crippen molar-refractivity contribution in [2.24, 2.45) is 0 Å². The fraction of sp³-hybridized carbons (Fsp3) is 0.364. The summed E-state index contributed by atoms with van der Waals surface area (Å²) in [5.74, 6) is 0. The van der Waals surface area contributed by atoms with E-state index in [2.05, 4.69) is 23.4 Å². The number of hydrogen-bond donors (Lipinski definition) is 1. The number of nitrogen functional groups attached to an aromatic ring is 1. The van der Waals surface area contributed by atoms with Gasteiger partial charge in [0.1, 0.15) is 0 Å². The Kier molecular flexibility index (Phi) is 2.15. The molecule has 0 fully saturated rings. The summed E-state index contributed by atoms with van der Waals surface area (Å²) >= 11 is 0. The van der Waals surface area contributed by atoms with Crippen molar-refractivity contribution in [3.63, 3.8) is 0 Å².